The molecule has 0 bridgehead atoms. The number of aryl methyl sites for hydroxylation is 2. The molecule has 4 nitrogen and oxygen atoms in total. The van der Waals surface area contributed by atoms with E-state index in [1.54, 1.807) is 6.07 Å². The predicted molar refractivity (Wildman–Crippen MR) is 71.7 cm³/mol. The fourth-order valence-corrected chi connectivity index (χ4v) is 3.20. The van der Waals surface area contributed by atoms with Crippen LogP contribution in [0.25, 0.3) is 21.1 Å². The molecule has 0 saturated heterocycles. The molecule has 0 fully saturated rings. The molecule has 0 aliphatic rings. The van der Waals surface area contributed by atoms with Crippen molar-refractivity contribution in [3.8, 4) is 5.06 Å². The number of fused-ring (bicyclic) bond motifs is 3. The zero-order chi connectivity index (χ0) is 12.9. The Labute approximate surface area is 107 Å². The van der Waals surface area contributed by atoms with Gasteiger partial charge in [-0.15, -0.1) is 0 Å². The summed E-state index contributed by atoms with van der Waals surface area (Å²) < 4.78 is 6.77. The summed E-state index contributed by atoms with van der Waals surface area (Å²) in [4.78, 5) is 11.6. The molecule has 3 aromatic rings. The first-order chi connectivity index (χ1) is 8.56. The first-order valence-electron chi connectivity index (χ1n) is 5.45. The lowest BCUT2D eigenvalue weighted by Crippen LogP contribution is -2.00. The number of ether oxygens (including phenoxy) is 1. The van der Waals surface area contributed by atoms with Gasteiger partial charge in [-0.05, 0) is 19.1 Å². The van der Waals surface area contributed by atoms with E-state index in [9.17, 15) is 4.79 Å². The number of carbonyl (C=O) groups is 1. The van der Waals surface area contributed by atoms with Gasteiger partial charge in [0.25, 0.3) is 0 Å². The lowest BCUT2D eigenvalue weighted by atomic mass is 10.1. The molecule has 0 amide bonds. The molecule has 0 aliphatic carbocycles. The molecule has 0 unspecified atom stereocenters. The highest BCUT2D eigenvalue weighted by Crippen LogP contribution is 2.38. The van der Waals surface area contributed by atoms with Crippen molar-refractivity contribution in [2.24, 2.45) is 7.05 Å². The zero-order valence-corrected chi connectivity index (χ0v) is 10.7. The Morgan fingerprint density at radius 2 is 2.11 bits per heavy atom. The van der Waals surface area contributed by atoms with Crippen molar-refractivity contribution in [1.29, 1.82) is 0 Å². The second-order valence-corrected chi connectivity index (χ2v) is 5.23. The van der Waals surface area contributed by atoms with E-state index in [4.69, 9.17) is 9.84 Å². The van der Waals surface area contributed by atoms with Crippen molar-refractivity contribution in [2.45, 2.75) is 6.92 Å². The van der Waals surface area contributed by atoms with Gasteiger partial charge in [0.2, 0.25) is 0 Å². The maximum absolute atomic E-state index is 10.5. The van der Waals surface area contributed by atoms with Crippen molar-refractivity contribution in [3.05, 3.63) is 29.8 Å². The standard InChI is InChI=1S/C13H11NO3S/c1-7-3-4-10-8(5-7)9-6-11(17-13(15)16)18-12(9)14(10)2/h3-6H,1-2H3,(H,15,16). The third-order valence-corrected chi connectivity index (χ3v) is 4.08. The van der Waals surface area contributed by atoms with Crippen LogP contribution in [0.1, 0.15) is 5.56 Å². The zero-order valence-electron chi connectivity index (χ0n) is 9.93. The number of hydrogen-bond donors (Lipinski definition) is 1. The van der Waals surface area contributed by atoms with Gasteiger partial charge in [-0.3, -0.25) is 0 Å². The van der Waals surface area contributed by atoms with Crippen molar-refractivity contribution in [3.63, 3.8) is 0 Å². The summed E-state index contributed by atoms with van der Waals surface area (Å²) in [5.74, 6) is 0. The Hall–Kier alpha value is -2.01. The number of benzene rings is 1. The lowest BCUT2D eigenvalue weighted by Gasteiger charge is -1.98. The average molecular weight is 261 g/mol. The molecule has 5 heteroatoms. The van der Waals surface area contributed by atoms with E-state index in [0.717, 1.165) is 21.1 Å². The highest BCUT2D eigenvalue weighted by atomic mass is 32.1. The van der Waals surface area contributed by atoms with Crippen LogP contribution in [0, 0.1) is 6.92 Å². The highest BCUT2D eigenvalue weighted by molar-refractivity contribution is 7.20. The molecule has 0 spiro atoms. The van der Waals surface area contributed by atoms with Crippen LogP contribution >= 0.6 is 11.3 Å². The van der Waals surface area contributed by atoms with Crippen molar-refractivity contribution in [1.82, 2.24) is 4.57 Å². The molecule has 92 valence electrons. The molecule has 1 N–H and O–H groups in total. The minimum absolute atomic E-state index is 0.409. The van der Waals surface area contributed by atoms with E-state index >= 15 is 0 Å². The summed E-state index contributed by atoms with van der Waals surface area (Å²) in [5.41, 5.74) is 2.32. The number of rotatable bonds is 1. The summed E-state index contributed by atoms with van der Waals surface area (Å²) in [6.07, 6.45) is -1.28. The minimum Gasteiger partial charge on any atom is -0.449 e. The molecule has 0 aliphatic heterocycles. The van der Waals surface area contributed by atoms with Gasteiger partial charge in [0.1, 0.15) is 4.83 Å². The third kappa shape index (κ3) is 1.55. The van der Waals surface area contributed by atoms with E-state index < -0.39 is 6.16 Å². The Kier molecular flexibility index (Phi) is 2.31. The van der Waals surface area contributed by atoms with Crippen molar-refractivity contribution < 1.29 is 14.6 Å². The Bertz CT molecular complexity index is 769. The van der Waals surface area contributed by atoms with Crippen LogP contribution in [0.3, 0.4) is 0 Å². The monoisotopic (exact) mass is 261 g/mol. The van der Waals surface area contributed by atoms with Crippen LogP contribution in [0.4, 0.5) is 4.79 Å². The van der Waals surface area contributed by atoms with E-state index in [-0.39, 0.29) is 0 Å². The van der Waals surface area contributed by atoms with Crippen molar-refractivity contribution in [2.75, 3.05) is 0 Å². The normalized spacial score (nSPS) is 11.2. The summed E-state index contributed by atoms with van der Waals surface area (Å²) in [6.45, 7) is 2.04. The smallest absolute Gasteiger partial charge is 0.449 e. The summed E-state index contributed by atoms with van der Waals surface area (Å²) in [5, 5.41) is 11.2. The maximum atomic E-state index is 10.5. The van der Waals surface area contributed by atoms with Crippen LogP contribution < -0.4 is 4.74 Å². The van der Waals surface area contributed by atoms with Crippen LogP contribution in [-0.4, -0.2) is 15.8 Å². The molecule has 0 atom stereocenters. The summed E-state index contributed by atoms with van der Waals surface area (Å²) >= 11 is 1.34. The quantitative estimate of drug-likeness (QED) is 0.678. The van der Waals surface area contributed by atoms with Crippen LogP contribution in [0.5, 0.6) is 5.06 Å². The second kappa shape index (κ2) is 3.74. The van der Waals surface area contributed by atoms with E-state index in [0.29, 0.717) is 5.06 Å². The third-order valence-electron chi connectivity index (χ3n) is 2.99. The highest BCUT2D eigenvalue weighted by Gasteiger charge is 2.14. The molecular weight excluding hydrogens is 250 g/mol. The van der Waals surface area contributed by atoms with E-state index in [1.807, 2.05) is 14.0 Å². The van der Waals surface area contributed by atoms with Gasteiger partial charge in [-0.2, -0.15) is 0 Å². The fourth-order valence-electron chi connectivity index (χ4n) is 2.21. The summed E-state index contributed by atoms with van der Waals surface area (Å²) in [7, 11) is 1.97. The summed E-state index contributed by atoms with van der Waals surface area (Å²) in [6, 6.07) is 8.04. The predicted octanol–water partition coefficient (Wildman–Crippen LogP) is 3.76. The topological polar surface area (TPSA) is 51.5 Å². The molecule has 18 heavy (non-hydrogen) atoms. The molecule has 0 saturated carbocycles. The number of nitrogens with zero attached hydrogens (tertiary/aromatic N) is 1. The van der Waals surface area contributed by atoms with Gasteiger partial charge in [-0.1, -0.05) is 23.0 Å². The second-order valence-electron chi connectivity index (χ2n) is 4.23. The van der Waals surface area contributed by atoms with Crippen molar-refractivity contribution >= 4 is 38.6 Å². The number of thiophene rings is 1. The lowest BCUT2D eigenvalue weighted by molar-refractivity contribution is 0.146. The van der Waals surface area contributed by atoms with Crippen LogP contribution in [0.15, 0.2) is 24.3 Å². The molecule has 0 radical (unpaired) electrons. The molecule has 1 aromatic carbocycles. The van der Waals surface area contributed by atoms with Crippen LogP contribution in [-0.2, 0) is 7.05 Å². The SMILES string of the molecule is Cc1ccc2c(c1)c1cc(OC(=O)O)sc1n2C. The Morgan fingerprint density at radius 3 is 2.83 bits per heavy atom. The minimum atomic E-state index is -1.28. The Balaban J connectivity index is 2.31. The van der Waals surface area contributed by atoms with E-state index in [2.05, 4.69) is 22.8 Å². The number of aromatic nitrogens is 1. The van der Waals surface area contributed by atoms with E-state index in [1.165, 1.54) is 16.9 Å². The largest absolute Gasteiger partial charge is 0.512 e. The number of hydrogen-bond acceptors (Lipinski definition) is 3. The first kappa shape index (κ1) is 11.1. The molecule has 2 heterocycles. The van der Waals surface area contributed by atoms with Gasteiger partial charge in [0.15, 0.2) is 5.06 Å². The van der Waals surface area contributed by atoms with Crippen LogP contribution in [0.2, 0.25) is 0 Å². The first-order valence-corrected chi connectivity index (χ1v) is 6.27. The van der Waals surface area contributed by atoms with Gasteiger partial charge >= 0.3 is 6.16 Å². The fraction of sp³-hybridized carbons (Fsp3) is 0.154. The Morgan fingerprint density at radius 1 is 1.33 bits per heavy atom. The molecule has 2 aromatic heterocycles. The molecule has 3 rings (SSSR count). The molecular formula is C13H11NO3S. The van der Waals surface area contributed by atoms with Gasteiger partial charge < -0.3 is 14.4 Å². The maximum Gasteiger partial charge on any atom is 0.512 e. The number of carboxylic acid groups (broad SMARTS) is 1. The average Bonchev–Trinajstić information content (AvgIpc) is 2.79. The van der Waals surface area contributed by atoms with Gasteiger partial charge in [-0.25, -0.2) is 4.79 Å². The van der Waals surface area contributed by atoms with Gasteiger partial charge in [0, 0.05) is 29.4 Å². The van der Waals surface area contributed by atoms with Gasteiger partial charge in [0.05, 0.1) is 0 Å².